The minimum Gasteiger partial charge on any atom is -0.497 e. The molecule has 0 unspecified atom stereocenters. The van der Waals surface area contributed by atoms with Gasteiger partial charge in [-0.1, -0.05) is 6.42 Å². The molecule has 120 valence electrons. The average Bonchev–Trinajstić information content (AvgIpc) is 2.55. The maximum absolute atomic E-state index is 11.9. The van der Waals surface area contributed by atoms with Crippen molar-refractivity contribution in [3.05, 3.63) is 23.8 Å². The van der Waals surface area contributed by atoms with Crippen LogP contribution >= 0.6 is 0 Å². The van der Waals surface area contributed by atoms with Crippen LogP contribution in [0.5, 0.6) is 11.5 Å². The summed E-state index contributed by atoms with van der Waals surface area (Å²) in [6.07, 6.45) is 5.15. The lowest BCUT2D eigenvalue weighted by Gasteiger charge is -2.25. The van der Waals surface area contributed by atoms with Crippen LogP contribution in [0.3, 0.4) is 0 Å². The van der Waals surface area contributed by atoms with Crippen molar-refractivity contribution in [2.24, 2.45) is 5.10 Å². The van der Waals surface area contributed by atoms with Gasteiger partial charge in [-0.15, -0.1) is 0 Å². The lowest BCUT2D eigenvalue weighted by Crippen LogP contribution is -2.38. The van der Waals surface area contributed by atoms with Gasteiger partial charge in [-0.05, 0) is 44.1 Å². The van der Waals surface area contributed by atoms with Gasteiger partial charge in [-0.25, -0.2) is 5.43 Å². The van der Waals surface area contributed by atoms with Crippen molar-refractivity contribution < 1.29 is 14.3 Å². The van der Waals surface area contributed by atoms with E-state index < -0.39 is 0 Å². The van der Waals surface area contributed by atoms with Gasteiger partial charge < -0.3 is 9.47 Å². The Bertz CT molecular complexity index is 525. The largest absolute Gasteiger partial charge is 0.497 e. The van der Waals surface area contributed by atoms with Crippen molar-refractivity contribution in [1.82, 2.24) is 10.3 Å². The normalized spacial score (nSPS) is 15.7. The lowest BCUT2D eigenvalue weighted by molar-refractivity contribution is -0.122. The Labute approximate surface area is 131 Å². The molecule has 1 amide bonds. The Morgan fingerprint density at radius 3 is 2.73 bits per heavy atom. The van der Waals surface area contributed by atoms with E-state index in [4.69, 9.17) is 9.47 Å². The Balaban J connectivity index is 1.89. The molecule has 0 aromatic heterocycles. The van der Waals surface area contributed by atoms with Gasteiger partial charge in [0.25, 0.3) is 5.91 Å². The zero-order chi connectivity index (χ0) is 15.8. The first-order chi connectivity index (χ1) is 10.7. The molecule has 1 aromatic rings. The van der Waals surface area contributed by atoms with Gasteiger partial charge in [0.2, 0.25) is 0 Å². The fourth-order valence-electron chi connectivity index (χ4n) is 2.47. The zero-order valence-electron chi connectivity index (χ0n) is 13.2. The lowest BCUT2D eigenvalue weighted by atomic mass is 10.1. The molecule has 0 spiro atoms. The third kappa shape index (κ3) is 4.73. The summed E-state index contributed by atoms with van der Waals surface area (Å²) in [4.78, 5) is 14.0. The van der Waals surface area contributed by atoms with Crippen LogP contribution in [0.2, 0.25) is 0 Å². The van der Waals surface area contributed by atoms with Gasteiger partial charge in [0, 0.05) is 5.56 Å². The van der Waals surface area contributed by atoms with E-state index in [-0.39, 0.29) is 5.91 Å². The summed E-state index contributed by atoms with van der Waals surface area (Å²) in [5, 5.41) is 4.00. The Morgan fingerprint density at radius 1 is 1.27 bits per heavy atom. The van der Waals surface area contributed by atoms with Crippen LogP contribution < -0.4 is 14.9 Å². The van der Waals surface area contributed by atoms with Crippen LogP contribution in [0.4, 0.5) is 0 Å². The van der Waals surface area contributed by atoms with Crippen molar-refractivity contribution in [2.75, 3.05) is 33.9 Å². The summed E-state index contributed by atoms with van der Waals surface area (Å²) in [6, 6.07) is 5.42. The highest BCUT2D eigenvalue weighted by molar-refractivity contribution is 5.86. The van der Waals surface area contributed by atoms with Gasteiger partial charge in [-0.3, -0.25) is 9.69 Å². The summed E-state index contributed by atoms with van der Waals surface area (Å²) >= 11 is 0. The average molecular weight is 305 g/mol. The number of nitrogens with zero attached hydrogens (tertiary/aromatic N) is 2. The number of carbonyl (C=O) groups excluding carboxylic acids is 1. The maximum atomic E-state index is 11.9. The third-order valence-electron chi connectivity index (χ3n) is 3.65. The number of likely N-dealkylation sites (tertiary alicyclic amines) is 1. The minimum atomic E-state index is -0.0972. The molecular weight excluding hydrogens is 282 g/mol. The number of rotatable bonds is 6. The molecule has 1 saturated heterocycles. The van der Waals surface area contributed by atoms with E-state index in [9.17, 15) is 4.79 Å². The van der Waals surface area contributed by atoms with Gasteiger partial charge in [0.1, 0.15) is 11.5 Å². The fourth-order valence-corrected chi connectivity index (χ4v) is 2.47. The number of amides is 1. The minimum absolute atomic E-state index is 0.0972. The standard InChI is InChI=1S/C16H23N3O3/c1-21-14-6-7-15(22-2)13(10-14)11-17-18-16(20)12-19-8-4-3-5-9-19/h6-7,10-11H,3-5,8-9,12H2,1-2H3,(H,18,20)/b17-11-. The van der Waals surface area contributed by atoms with Crippen LogP contribution in [-0.2, 0) is 4.79 Å². The fraction of sp³-hybridized carbons (Fsp3) is 0.500. The van der Waals surface area contributed by atoms with Crippen molar-refractivity contribution in [3.8, 4) is 11.5 Å². The monoisotopic (exact) mass is 305 g/mol. The summed E-state index contributed by atoms with van der Waals surface area (Å²) in [5.74, 6) is 1.29. The van der Waals surface area contributed by atoms with E-state index >= 15 is 0 Å². The SMILES string of the molecule is COc1ccc(OC)c(/C=N\NC(=O)CN2CCCCC2)c1. The third-order valence-corrected chi connectivity index (χ3v) is 3.65. The van der Waals surface area contributed by atoms with Crippen LogP contribution in [0, 0.1) is 0 Å². The van der Waals surface area contributed by atoms with Crippen molar-refractivity contribution in [3.63, 3.8) is 0 Å². The molecule has 22 heavy (non-hydrogen) atoms. The molecule has 1 N–H and O–H groups in total. The molecule has 6 heteroatoms. The van der Waals surface area contributed by atoms with Crippen molar-refractivity contribution in [2.45, 2.75) is 19.3 Å². The molecule has 0 bridgehead atoms. The number of methoxy groups -OCH3 is 2. The second kappa shape index (κ2) is 8.38. The maximum Gasteiger partial charge on any atom is 0.254 e. The molecule has 0 radical (unpaired) electrons. The van der Waals surface area contributed by atoms with Gasteiger partial charge in [0.15, 0.2) is 0 Å². The molecule has 0 aliphatic carbocycles. The van der Waals surface area contributed by atoms with Gasteiger partial charge in [-0.2, -0.15) is 5.10 Å². The van der Waals surface area contributed by atoms with Crippen molar-refractivity contribution >= 4 is 12.1 Å². The molecule has 0 saturated carbocycles. The van der Waals surface area contributed by atoms with Crippen LogP contribution in [0.15, 0.2) is 23.3 Å². The number of hydrazone groups is 1. The topological polar surface area (TPSA) is 63.2 Å². The van der Waals surface area contributed by atoms with E-state index in [0.29, 0.717) is 18.0 Å². The van der Waals surface area contributed by atoms with E-state index in [0.717, 1.165) is 31.5 Å². The highest BCUT2D eigenvalue weighted by Crippen LogP contribution is 2.22. The zero-order valence-corrected chi connectivity index (χ0v) is 13.2. The van der Waals surface area contributed by atoms with E-state index in [2.05, 4.69) is 15.4 Å². The molecule has 1 heterocycles. The first-order valence-corrected chi connectivity index (χ1v) is 7.49. The van der Waals surface area contributed by atoms with Gasteiger partial charge in [0.05, 0.1) is 27.0 Å². The quantitative estimate of drug-likeness (QED) is 0.641. The molecule has 1 aliphatic heterocycles. The number of nitrogens with one attached hydrogen (secondary N) is 1. The van der Waals surface area contributed by atoms with E-state index in [1.165, 1.54) is 6.42 Å². The number of hydrogen-bond donors (Lipinski definition) is 1. The summed E-state index contributed by atoms with van der Waals surface area (Å²) < 4.78 is 10.4. The van der Waals surface area contributed by atoms with Crippen LogP contribution in [0.25, 0.3) is 0 Å². The number of benzene rings is 1. The molecular formula is C16H23N3O3. The second-order valence-corrected chi connectivity index (χ2v) is 5.24. The molecule has 1 fully saturated rings. The molecule has 1 aromatic carbocycles. The highest BCUT2D eigenvalue weighted by Gasteiger charge is 2.13. The molecule has 0 atom stereocenters. The first kappa shape index (κ1) is 16.3. The van der Waals surface area contributed by atoms with E-state index in [1.807, 2.05) is 6.07 Å². The summed E-state index contributed by atoms with van der Waals surface area (Å²) in [5.41, 5.74) is 3.31. The molecule has 6 nitrogen and oxygen atoms in total. The van der Waals surface area contributed by atoms with Crippen LogP contribution in [0.1, 0.15) is 24.8 Å². The summed E-state index contributed by atoms with van der Waals surface area (Å²) in [6.45, 7) is 2.37. The van der Waals surface area contributed by atoms with Crippen molar-refractivity contribution in [1.29, 1.82) is 0 Å². The second-order valence-electron chi connectivity index (χ2n) is 5.24. The number of carbonyl (C=O) groups is 1. The number of piperidine rings is 1. The predicted octanol–water partition coefficient (Wildman–Crippen LogP) is 1.64. The summed E-state index contributed by atoms with van der Waals surface area (Å²) in [7, 11) is 3.19. The smallest absolute Gasteiger partial charge is 0.254 e. The Hall–Kier alpha value is -2.08. The Kier molecular flexibility index (Phi) is 6.21. The highest BCUT2D eigenvalue weighted by atomic mass is 16.5. The van der Waals surface area contributed by atoms with E-state index in [1.54, 1.807) is 32.6 Å². The Morgan fingerprint density at radius 2 is 2.05 bits per heavy atom. The first-order valence-electron chi connectivity index (χ1n) is 7.49. The van der Waals surface area contributed by atoms with Crippen LogP contribution in [-0.4, -0.2) is 50.9 Å². The molecule has 2 rings (SSSR count). The number of ether oxygens (including phenoxy) is 2. The van der Waals surface area contributed by atoms with Gasteiger partial charge >= 0.3 is 0 Å². The molecule has 1 aliphatic rings. The predicted molar refractivity (Wildman–Crippen MR) is 85.6 cm³/mol. The number of hydrogen-bond acceptors (Lipinski definition) is 5.